The average Bonchev–Trinajstić information content (AvgIpc) is 2.29. The second-order valence-electron chi connectivity index (χ2n) is 2.96. The number of hydrogen-bond acceptors (Lipinski definition) is 3. The van der Waals surface area contributed by atoms with Gasteiger partial charge < -0.3 is 14.9 Å². The summed E-state index contributed by atoms with van der Waals surface area (Å²) >= 11 is 0. The Bertz CT molecular complexity index is 374. The molecule has 80 valence electrons. The van der Waals surface area contributed by atoms with E-state index in [1.807, 2.05) is 6.07 Å². The molecule has 0 aliphatic rings. The van der Waals surface area contributed by atoms with Crippen LogP contribution in [0.2, 0.25) is 0 Å². The molecule has 1 rings (SSSR count). The summed E-state index contributed by atoms with van der Waals surface area (Å²) in [5.41, 5.74) is 1.56. The number of ether oxygens (including phenoxy) is 1. The zero-order valence-corrected chi connectivity index (χ0v) is 8.66. The van der Waals surface area contributed by atoms with Crippen molar-refractivity contribution in [2.45, 2.75) is 13.0 Å². The minimum Gasteiger partial charge on any atom is -0.496 e. The summed E-state index contributed by atoms with van der Waals surface area (Å²) in [5.74, 6) is 6.35. The molecule has 3 heteroatoms. The van der Waals surface area contributed by atoms with E-state index >= 15 is 0 Å². The topological polar surface area (TPSA) is 49.7 Å². The number of aliphatic hydroxyl groups excluding tert-OH is 2. The predicted molar refractivity (Wildman–Crippen MR) is 57.5 cm³/mol. The lowest BCUT2D eigenvalue weighted by atomic mass is 10.1. The lowest BCUT2D eigenvalue weighted by Crippen LogP contribution is -1.92. The van der Waals surface area contributed by atoms with Crippen LogP contribution >= 0.6 is 0 Å². The van der Waals surface area contributed by atoms with Crippen LogP contribution in [0.4, 0.5) is 0 Å². The SMILES string of the molecule is COc1cc(C#CCCO)ccc1CO. The standard InChI is InChI=1S/C12H14O3/c1-15-12-8-10(4-2-3-7-13)5-6-11(12)9-14/h5-6,8,13-14H,3,7,9H2,1H3. The van der Waals surface area contributed by atoms with Gasteiger partial charge in [0.25, 0.3) is 0 Å². The van der Waals surface area contributed by atoms with E-state index in [0.717, 1.165) is 11.1 Å². The molecule has 0 radical (unpaired) electrons. The van der Waals surface area contributed by atoms with Crippen LogP contribution in [0.5, 0.6) is 5.75 Å². The quantitative estimate of drug-likeness (QED) is 0.723. The third-order valence-corrected chi connectivity index (χ3v) is 1.93. The number of rotatable bonds is 3. The van der Waals surface area contributed by atoms with Crippen molar-refractivity contribution in [3.63, 3.8) is 0 Å². The molecule has 0 atom stereocenters. The van der Waals surface area contributed by atoms with Crippen molar-refractivity contribution in [1.82, 2.24) is 0 Å². The summed E-state index contributed by atoms with van der Waals surface area (Å²) < 4.78 is 5.11. The molecule has 0 unspecified atom stereocenters. The van der Waals surface area contributed by atoms with Crippen LogP contribution < -0.4 is 4.74 Å². The van der Waals surface area contributed by atoms with Gasteiger partial charge in [0, 0.05) is 17.5 Å². The normalized spacial score (nSPS) is 9.27. The summed E-state index contributed by atoms with van der Waals surface area (Å²) in [6, 6.07) is 5.37. The Kier molecular flexibility index (Phi) is 4.69. The molecule has 0 saturated carbocycles. The summed E-state index contributed by atoms with van der Waals surface area (Å²) in [6.07, 6.45) is 0.462. The largest absolute Gasteiger partial charge is 0.496 e. The fourth-order valence-electron chi connectivity index (χ4n) is 1.17. The summed E-state index contributed by atoms with van der Waals surface area (Å²) in [5, 5.41) is 17.6. The zero-order chi connectivity index (χ0) is 11.1. The maximum atomic E-state index is 9.01. The van der Waals surface area contributed by atoms with Gasteiger partial charge in [-0.2, -0.15) is 0 Å². The molecule has 3 nitrogen and oxygen atoms in total. The van der Waals surface area contributed by atoms with Crippen molar-refractivity contribution >= 4 is 0 Å². The van der Waals surface area contributed by atoms with Crippen LogP contribution in [0.25, 0.3) is 0 Å². The van der Waals surface area contributed by atoms with Crippen LogP contribution in [-0.4, -0.2) is 23.9 Å². The van der Waals surface area contributed by atoms with E-state index in [-0.39, 0.29) is 13.2 Å². The van der Waals surface area contributed by atoms with Crippen LogP contribution in [-0.2, 0) is 6.61 Å². The van der Waals surface area contributed by atoms with Crippen LogP contribution in [0.15, 0.2) is 18.2 Å². The number of hydrogen-bond donors (Lipinski definition) is 2. The van der Waals surface area contributed by atoms with Crippen molar-refractivity contribution in [3.8, 4) is 17.6 Å². The van der Waals surface area contributed by atoms with Gasteiger partial charge in [0.2, 0.25) is 0 Å². The molecule has 0 aromatic heterocycles. The van der Waals surface area contributed by atoms with E-state index in [4.69, 9.17) is 14.9 Å². The van der Waals surface area contributed by atoms with E-state index < -0.39 is 0 Å². The zero-order valence-electron chi connectivity index (χ0n) is 8.66. The maximum absolute atomic E-state index is 9.01. The average molecular weight is 206 g/mol. The monoisotopic (exact) mass is 206 g/mol. The second-order valence-corrected chi connectivity index (χ2v) is 2.96. The maximum Gasteiger partial charge on any atom is 0.125 e. The number of methoxy groups -OCH3 is 1. The first-order valence-corrected chi connectivity index (χ1v) is 4.69. The molecule has 0 fully saturated rings. The highest BCUT2D eigenvalue weighted by molar-refractivity contribution is 5.44. The Morgan fingerprint density at radius 2 is 2.13 bits per heavy atom. The van der Waals surface area contributed by atoms with E-state index in [2.05, 4.69) is 11.8 Å². The van der Waals surface area contributed by atoms with Crippen molar-refractivity contribution in [1.29, 1.82) is 0 Å². The first kappa shape index (κ1) is 11.6. The highest BCUT2D eigenvalue weighted by Gasteiger charge is 2.01. The van der Waals surface area contributed by atoms with Gasteiger partial charge in [-0.25, -0.2) is 0 Å². The first-order chi connectivity index (χ1) is 7.31. The Balaban J connectivity index is 2.89. The molecule has 0 spiro atoms. The second kappa shape index (κ2) is 6.07. The molecule has 0 saturated heterocycles. The number of aliphatic hydroxyl groups is 2. The molecule has 1 aromatic carbocycles. The van der Waals surface area contributed by atoms with Gasteiger partial charge in [0.15, 0.2) is 0 Å². The van der Waals surface area contributed by atoms with Gasteiger partial charge >= 0.3 is 0 Å². The Morgan fingerprint density at radius 3 is 2.73 bits per heavy atom. The van der Waals surface area contributed by atoms with Gasteiger partial charge in [-0.15, -0.1) is 0 Å². The minimum absolute atomic E-state index is 0.0481. The molecule has 0 aliphatic heterocycles. The first-order valence-electron chi connectivity index (χ1n) is 4.69. The van der Waals surface area contributed by atoms with E-state index in [0.29, 0.717) is 12.2 Å². The summed E-state index contributed by atoms with van der Waals surface area (Å²) in [7, 11) is 1.55. The molecular weight excluding hydrogens is 192 g/mol. The summed E-state index contributed by atoms with van der Waals surface area (Å²) in [6.45, 7) is 0.0202. The molecule has 0 aliphatic carbocycles. The minimum atomic E-state index is -0.0481. The van der Waals surface area contributed by atoms with Crippen LogP contribution in [0.3, 0.4) is 0 Å². The van der Waals surface area contributed by atoms with Crippen LogP contribution in [0, 0.1) is 11.8 Å². The molecule has 0 heterocycles. The van der Waals surface area contributed by atoms with Crippen LogP contribution in [0.1, 0.15) is 17.5 Å². The summed E-state index contributed by atoms with van der Waals surface area (Å²) in [4.78, 5) is 0. The fraction of sp³-hybridized carbons (Fsp3) is 0.333. The third-order valence-electron chi connectivity index (χ3n) is 1.93. The van der Waals surface area contributed by atoms with Gasteiger partial charge in [0.1, 0.15) is 5.75 Å². The molecule has 2 N–H and O–H groups in total. The Hall–Kier alpha value is -1.50. The predicted octanol–water partition coefficient (Wildman–Crippen LogP) is 0.921. The van der Waals surface area contributed by atoms with Crippen molar-refractivity contribution in [2.75, 3.05) is 13.7 Å². The van der Waals surface area contributed by atoms with E-state index in [9.17, 15) is 0 Å². The molecule has 1 aromatic rings. The van der Waals surface area contributed by atoms with Crippen molar-refractivity contribution in [3.05, 3.63) is 29.3 Å². The lowest BCUT2D eigenvalue weighted by molar-refractivity contribution is 0.274. The van der Waals surface area contributed by atoms with E-state index in [1.165, 1.54) is 0 Å². The van der Waals surface area contributed by atoms with Crippen molar-refractivity contribution < 1.29 is 14.9 Å². The highest BCUT2D eigenvalue weighted by atomic mass is 16.5. The molecule has 15 heavy (non-hydrogen) atoms. The third kappa shape index (κ3) is 3.28. The molecular formula is C12H14O3. The Labute approximate surface area is 89.3 Å². The fourth-order valence-corrected chi connectivity index (χ4v) is 1.17. The van der Waals surface area contributed by atoms with Gasteiger partial charge in [-0.3, -0.25) is 0 Å². The van der Waals surface area contributed by atoms with Gasteiger partial charge in [-0.05, 0) is 12.1 Å². The number of benzene rings is 1. The highest BCUT2D eigenvalue weighted by Crippen LogP contribution is 2.19. The molecule has 0 bridgehead atoms. The van der Waals surface area contributed by atoms with Crippen molar-refractivity contribution in [2.24, 2.45) is 0 Å². The Morgan fingerprint density at radius 1 is 1.33 bits per heavy atom. The smallest absolute Gasteiger partial charge is 0.125 e. The van der Waals surface area contributed by atoms with Gasteiger partial charge in [-0.1, -0.05) is 17.9 Å². The lowest BCUT2D eigenvalue weighted by Gasteiger charge is -2.05. The molecule has 0 amide bonds. The van der Waals surface area contributed by atoms with E-state index in [1.54, 1.807) is 19.2 Å². The van der Waals surface area contributed by atoms with Gasteiger partial charge in [0.05, 0.1) is 20.3 Å².